The number of unbranched alkanes of at least 4 members (excludes halogenated alkanes) is 3. The normalized spacial score (nSPS) is 14.9. The molecule has 0 aromatic heterocycles. The van der Waals surface area contributed by atoms with E-state index in [0.29, 0.717) is 19.3 Å². The van der Waals surface area contributed by atoms with Crippen LogP contribution in [0.5, 0.6) is 0 Å². The van der Waals surface area contributed by atoms with E-state index in [1.807, 2.05) is 12.2 Å². The summed E-state index contributed by atoms with van der Waals surface area (Å²) in [5, 5.41) is 35.8. The van der Waals surface area contributed by atoms with Gasteiger partial charge in [0.25, 0.3) is 0 Å². The van der Waals surface area contributed by atoms with Crippen LogP contribution >= 0.6 is 0 Å². The highest BCUT2D eigenvalue weighted by Crippen LogP contribution is 2.06. The fraction of sp³-hybridized carbons (Fsp3) is 0.550. The Bertz CT molecular complexity index is 453. The molecular weight excluding hydrogens is 336 g/mol. The van der Waals surface area contributed by atoms with Crippen LogP contribution in [0.4, 0.5) is 0 Å². The first-order valence-electron chi connectivity index (χ1n) is 9.07. The Labute approximate surface area is 155 Å². The monoisotopic (exact) mass is 368 g/mol. The fourth-order valence-electron chi connectivity index (χ4n) is 2.13. The molecule has 0 amide bonds. The number of aliphatic hydroxyl groups is 2. The summed E-state index contributed by atoms with van der Waals surface area (Å²) in [6, 6.07) is 0. The average Bonchev–Trinajstić information content (AvgIpc) is 2.62. The molecule has 0 saturated carbocycles. The van der Waals surface area contributed by atoms with E-state index in [9.17, 15) is 9.90 Å². The SMILES string of the molecule is O=C(O)CCC[C@@H](\C=C/C=C/C=C/[C@H](O)C/C=C\CCCCCO)OO. The largest absolute Gasteiger partial charge is 0.481 e. The predicted molar refractivity (Wildman–Crippen MR) is 102 cm³/mol. The average molecular weight is 368 g/mol. The van der Waals surface area contributed by atoms with E-state index in [1.165, 1.54) is 0 Å². The number of carboxylic acids is 1. The van der Waals surface area contributed by atoms with E-state index < -0.39 is 18.2 Å². The highest BCUT2D eigenvalue weighted by Gasteiger charge is 2.05. The number of rotatable bonds is 16. The van der Waals surface area contributed by atoms with Crippen molar-refractivity contribution in [1.82, 2.24) is 0 Å². The van der Waals surface area contributed by atoms with Gasteiger partial charge in [-0.3, -0.25) is 10.1 Å². The summed E-state index contributed by atoms with van der Waals surface area (Å²) in [5.74, 6) is -0.870. The zero-order valence-corrected chi connectivity index (χ0v) is 15.2. The first-order chi connectivity index (χ1) is 12.6. The van der Waals surface area contributed by atoms with E-state index in [0.717, 1.165) is 25.7 Å². The van der Waals surface area contributed by atoms with Crippen molar-refractivity contribution in [1.29, 1.82) is 0 Å². The van der Waals surface area contributed by atoms with Crippen LogP contribution in [0, 0.1) is 0 Å². The Morgan fingerprint density at radius 1 is 0.962 bits per heavy atom. The molecule has 0 radical (unpaired) electrons. The second-order valence-electron chi connectivity index (χ2n) is 5.93. The highest BCUT2D eigenvalue weighted by atomic mass is 17.1. The van der Waals surface area contributed by atoms with Gasteiger partial charge in [0.15, 0.2) is 0 Å². The molecule has 2 atom stereocenters. The fourth-order valence-corrected chi connectivity index (χ4v) is 2.13. The number of carbonyl (C=O) groups is 1. The molecule has 0 aliphatic heterocycles. The van der Waals surface area contributed by atoms with Crippen molar-refractivity contribution in [3.63, 3.8) is 0 Å². The van der Waals surface area contributed by atoms with E-state index in [4.69, 9.17) is 15.5 Å². The zero-order chi connectivity index (χ0) is 19.5. The predicted octanol–water partition coefficient (Wildman–Crippen LogP) is 3.63. The van der Waals surface area contributed by atoms with Crippen LogP contribution in [0.1, 0.15) is 51.4 Å². The third-order valence-electron chi connectivity index (χ3n) is 3.58. The van der Waals surface area contributed by atoms with Crippen molar-refractivity contribution >= 4 is 5.97 Å². The molecule has 0 saturated heterocycles. The van der Waals surface area contributed by atoms with Crippen molar-refractivity contribution in [2.24, 2.45) is 0 Å². The number of hydrogen-bond acceptors (Lipinski definition) is 5. The molecule has 0 aromatic carbocycles. The highest BCUT2D eigenvalue weighted by molar-refractivity contribution is 5.66. The maximum absolute atomic E-state index is 10.4. The van der Waals surface area contributed by atoms with Gasteiger partial charge in [0.05, 0.1) is 6.10 Å². The van der Waals surface area contributed by atoms with Crippen LogP contribution in [0.25, 0.3) is 0 Å². The molecule has 6 heteroatoms. The molecule has 0 rings (SSSR count). The topological polar surface area (TPSA) is 107 Å². The lowest BCUT2D eigenvalue weighted by atomic mass is 10.1. The van der Waals surface area contributed by atoms with Crippen LogP contribution in [0.3, 0.4) is 0 Å². The molecule has 0 bridgehead atoms. The summed E-state index contributed by atoms with van der Waals surface area (Å²) < 4.78 is 0. The number of aliphatic hydroxyl groups excluding tert-OH is 2. The molecule has 4 N–H and O–H groups in total. The van der Waals surface area contributed by atoms with Crippen LogP contribution in [-0.4, -0.2) is 45.4 Å². The minimum atomic E-state index is -0.870. The van der Waals surface area contributed by atoms with Gasteiger partial charge in [-0.2, -0.15) is 0 Å². The number of allylic oxidation sites excluding steroid dienone is 5. The molecule has 0 spiro atoms. The van der Waals surface area contributed by atoms with Crippen LogP contribution in [-0.2, 0) is 9.68 Å². The zero-order valence-electron chi connectivity index (χ0n) is 15.2. The maximum Gasteiger partial charge on any atom is 0.303 e. The summed E-state index contributed by atoms with van der Waals surface area (Å²) in [7, 11) is 0. The Balaban J connectivity index is 3.92. The summed E-state index contributed by atoms with van der Waals surface area (Å²) in [6.45, 7) is 0.244. The molecule has 148 valence electrons. The minimum Gasteiger partial charge on any atom is -0.481 e. The number of hydrogen-bond donors (Lipinski definition) is 4. The van der Waals surface area contributed by atoms with Gasteiger partial charge >= 0.3 is 5.97 Å². The van der Waals surface area contributed by atoms with Gasteiger partial charge in [0, 0.05) is 13.0 Å². The van der Waals surface area contributed by atoms with Gasteiger partial charge in [-0.1, -0.05) is 55.0 Å². The standard InChI is InChI=1S/C20H32O6/c21-17-10-6-2-1-3-7-12-18(22)13-8-4-5-9-14-19(26-25)15-11-16-20(23)24/h3-5,7-9,13-14,18-19,21-22,25H,1-2,6,10-12,15-17H2,(H,23,24)/b5-4+,7-3-,13-8+,14-9-/t18-,19-/m1/s1. The first-order valence-corrected chi connectivity index (χ1v) is 9.07. The molecular formula is C20H32O6. The number of carboxylic acid groups (broad SMARTS) is 1. The summed E-state index contributed by atoms with van der Waals surface area (Å²) >= 11 is 0. The quantitative estimate of drug-likeness (QED) is 0.109. The van der Waals surface area contributed by atoms with Crippen LogP contribution in [0.2, 0.25) is 0 Å². The smallest absolute Gasteiger partial charge is 0.303 e. The molecule has 0 aliphatic rings. The molecule has 0 aliphatic carbocycles. The number of aliphatic carboxylic acids is 1. The van der Waals surface area contributed by atoms with E-state index in [1.54, 1.807) is 36.5 Å². The lowest BCUT2D eigenvalue weighted by molar-refractivity contribution is -0.267. The van der Waals surface area contributed by atoms with Crippen molar-refractivity contribution in [3.8, 4) is 0 Å². The second-order valence-corrected chi connectivity index (χ2v) is 5.93. The summed E-state index contributed by atoms with van der Waals surface area (Å²) in [5.41, 5.74) is 0. The van der Waals surface area contributed by atoms with Gasteiger partial charge < -0.3 is 15.3 Å². The van der Waals surface area contributed by atoms with Crippen molar-refractivity contribution < 1.29 is 30.3 Å². The van der Waals surface area contributed by atoms with E-state index in [2.05, 4.69) is 4.89 Å². The first kappa shape index (κ1) is 24.3. The third kappa shape index (κ3) is 17.1. The molecule has 0 unspecified atom stereocenters. The van der Waals surface area contributed by atoms with E-state index in [-0.39, 0.29) is 13.0 Å². The van der Waals surface area contributed by atoms with Gasteiger partial charge in [-0.25, -0.2) is 4.89 Å². The van der Waals surface area contributed by atoms with E-state index >= 15 is 0 Å². The van der Waals surface area contributed by atoms with Gasteiger partial charge in [-0.05, 0) is 38.5 Å². The second kappa shape index (κ2) is 18.1. The lowest BCUT2D eigenvalue weighted by Gasteiger charge is -2.06. The van der Waals surface area contributed by atoms with Crippen molar-refractivity contribution in [2.75, 3.05) is 6.61 Å². The summed E-state index contributed by atoms with van der Waals surface area (Å²) in [4.78, 5) is 14.7. The van der Waals surface area contributed by atoms with Crippen molar-refractivity contribution in [2.45, 2.75) is 63.6 Å². The Kier molecular flexibility index (Phi) is 16.9. The third-order valence-corrected chi connectivity index (χ3v) is 3.58. The minimum absolute atomic E-state index is 0.0429. The Morgan fingerprint density at radius 3 is 2.35 bits per heavy atom. The molecule has 0 fully saturated rings. The van der Waals surface area contributed by atoms with Gasteiger partial charge in [0.2, 0.25) is 0 Å². The maximum atomic E-state index is 10.4. The lowest BCUT2D eigenvalue weighted by Crippen LogP contribution is -2.08. The van der Waals surface area contributed by atoms with Gasteiger partial charge in [-0.15, -0.1) is 0 Å². The Hall–Kier alpha value is -1.73. The molecule has 6 nitrogen and oxygen atoms in total. The molecule has 0 aromatic rings. The van der Waals surface area contributed by atoms with Gasteiger partial charge in [0.1, 0.15) is 6.10 Å². The molecule has 0 heterocycles. The van der Waals surface area contributed by atoms with Crippen LogP contribution < -0.4 is 0 Å². The molecule has 26 heavy (non-hydrogen) atoms. The Morgan fingerprint density at radius 2 is 1.69 bits per heavy atom. The van der Waals surface area contributed by atoms with Crippen LogP contribution in [0.15, 0.2) is 48.6 Å². The summed E-state index contributed by atoms with van der Waals surface area (Å²) in [6.07, 6.45) is 18.5. The van der Waals surface area contributed by atoms with Crippen molar-refractivity contribution in [3.05, 3.63) is 48.6 Å².